The van der Waals surface area contributed by atoms with Gasteiger partial charge in [0.2, 0.25) is 5.91 Å². The topological polar surface area (TPSA) is 56.3 Å². The molecule has 2 heterocycles. The van der Waals surface area contributed by atoms with Gasteiger partial charge in [-0.15, -0.1) is 0 Å². The van der Waals surface area contributed by atoms with Crippen LogP contribution in [0.4, 0.5) is 13.2 Å². The minimum Gasteiger partial charge on any atom is -0.396 e. The number of carbonyl (C=O) groups excluding carboxylic acids is 1. The molecule has 0 spiro atoms. The normalized spacial score (nSPS) is 21.4. The average molecular weight is 457 g/mol. The highest BCUT2D eigenvalue weighted by Crippen LogP contribution is 2.49. The molecule has 7 heteroatoms. The van der Waals surface area contributed by atoms with Crippen molar-refractivity contribution in [3.05, 3.63) is 59.4 Å². The van der Waals surface area contributed by atoms with E-state index in [-0.39, 0.29) is 35.7 Å². The number of piperidine rings is 1. The Labute approximate surface area is 190 Å². The number of nitrogens with zero attached hydrogens (tertiary/aromatic N) is 1. The fourth-order valence-corrected chi connectivity index (χ4v) is 5.45. The average Bonchev–Trinajstić information content (AvgIpc) is 3.13. The second-order valence-corrected chi connectivity index (χ2v) is 9.38. The molecule has 5 rings (SSSR count). The summed E-state index contributed by atoms with van der Waals surface area (Å²) in [5, 5.41) is 9.61. The number of likely N-dealkylation sites (tertiary alicyclic amines) is 1. The van der Waals surface area contributed by atoms with E-state index in [1.807, 2.05) is 4.90 Å². The van der Waals surface area contributed by atoms with E-state index in [0.717, 1.165) is 44.0 Å². The number of halogens is 3. The lowest BCUT2D eigenvalue weighted by Crippen LogP contribution is -2.45. The first-order valence-electron chi connectivity index (χ1n) is 11.6. The van der Waals surface area contributed by atoms with E-state index in [1.165, 1.54) is 18.2 Å². The summed E-state index contributed by atoms with van der Waals surface area (Å²) in [7, 11) is 0. The SMILES string of the molecule is O=C([C@H]1C[C@H](c2c(-c3ccc(F)cc3)[nH]c3c(F)cc(F)cc32)C1)N1CCC(CCO)CC1. The lowest BCUT2D eigenvalue weighted by Gasteiger charge is -2.40. The number of amides is 1. The van der Waals surface area contributed by atoms with Gasteiger partial charge in [-0.05, 0) is 85.4 Å². The van der Waals surface area contributed by atoms with Gasteiger partial charge in [0.25, 0.3) is 0 Å². The van der Waals surface area contributed by atoms with Crippen molar-refractivity contribution in [2.24, 2.45) is 11.8 Å². The standard InChI is InChI=1S/C26H27F3N2O2/c27-19-3-1-16(2-4-19)24-23(21-13-20(28)14-22(29)25(21)30-24)17-11-18(12-17)26(33)31-8-5-15(6-9-31)7-10-32/h1-4,13-15,17-18,30,32H,5-12H2/t17-,18-. The Hall–Kier alpha value is -2.80. The number of aromatic amines is 1. The maximum atomic E-state index is 14.5. The minimum absolute atomic E-state index is 0.0131. The van der Waals surface area contributed by atoms with Crippen LogP contribution in [-0.2, 0) is 4.79 Å². The molecule has 1 aliphatic carbocycles. The van der Waals surface area contributed by atoms with Crippen molar-refractivity contribution in [3.8, 4) is 11.3 Å². The summed E-state index contributed by atoms with van der Waals surface area (Å²) in [5.74, 6) is -1.18. The van der Waals surface area contributed by atoms with Crippen LogP contribution in [0.2, 0.25) is 0 Å². The summed E-state index contributed by atoms with van der Waals surface area (Å²) in [6.07, 6.45) is 3.85. The molecule has 0 unspecified atom stereocenters. The quantitative estimate of drug-likeness (QED) is 0.543. The Balaban J connectivity index is 1.39. The van der Waals surface area contributed by atoms with Crippen LogP contribution in [0.3, 0.4) is 0 Å². The van der Waals surface area contributed by atoms with Gasteiger partial charge in [-0.3, -0.25) is 4.79 Å². The van der Waals surface area contributed by atoms with Crippen LogP contribution >= 0.6 is 0 Å². The summed E-state index contributed by atoms with van der Waals surface area (Å²) in [5.41, 5.74) is 2.37. The number of aromatic nitrogens is 1. The Morgan fingerprint density at radius 3 is 2.39 bits per heavy atom. The number of fused-ring (bicyclic) bond motifs is 1. The second kappa shape index (κ2) is 8.86. The molecular formula is C26H27F3N2O2. The summed E-state index contributed by atoms with van der Waals surface area (Å²) in [6.45, 7) is 1.62. The van der Waals surface area contributed by atoms with Crippen LogP contribution in [0.5, 0.6) is 0 Å². The Morgan fingerprint density at radius 1 is 1.03 bits per heavy atom. The van der Waals surface area contributed by atoms with E-state index >= 15 is 0 Å². The molecule has 1 aromatic heterocycles. The lowest BCUT2D eigenvalue weighted by molar-refractivity contribution is -0.140. The molecule has 2 fully saturated rings. The molecule has 4 nitrogen and oxygen atoms in total. The monoisotopic (exact) mass is 456 g/mol. The first-order chi connectivity index (χ1) is 15.9. The molecular weight excluding hydrogens is 429 g/mol. The number of aliphatic hydroxyl groups is 1. The smallest absolute Gasteiger partial charge is 0.225 e. The van der Waals surface area contributed by atoms with Gasteiger partial charge in [-0.1, -0.05) is 0 Å². The zero-order valence-corrected chi connectivity index (χ0v) is 18.3. The van der Waals surface area contributed by atoms with E-state index in [4.69, 9.17) is 5.11 Å². The number of nitrogens with one attached hydrogen (secondary N) is 1. The molecule has 0 bridgehead atoms. The van der Waals surface area contributed by atoms with E-state index < -0.39 is 11.6 Å². The van der Waals surface area contributed by atoms with Crippen molar-refractivity contribution in [2.75, 3.05) is 19.7 Å². The van der Waals surface area contributed by atoms with Crippen molar-refractivity contribution in [1.82, 2.24) is 9.88 Å². The maximum absolute atomic E-state index is 14.5. The Bertz CT molecular complexity index is 1160. The number of rotatable bonds is 5. The molecule has 1 aliphatic heterocycles. The third-order valence-corrected chi connectivity index (χ3v) is 7.36. The molecule has 0 radical (unpaired) electrons. The molecule has 1 saturated carbocycles. The van der Waals surface area contributed by atoms with E-state index in [0.29, 0.717) is 35.4 Å². The first kappa shape index (κ1) is 22.0. The summed E-state index contributed by atoms with van der Waals surface area (Å²) >= 11 is 0. The molecule has 33 heavy (non-hydrogen) atoms. The maximum Gasteiger partial charge on any atom is 0.225 e. The van der Waals surface area contributed by atoms with Crippen LogP contribution in [0.25, 0.3) is 22.2 Å². The molecule has 2 aliphatic rings. The fourth-order valence-electron chi connectivity index (χ4n) is 5.45. The molecule has 1 amide bonds. The van der Waals surface area contributed by atoms with Crippen LogP contribution in [0.1, 0.15) is 43.6 Å². The molecule has 0 atom stereocenters. The largest absolute Gasteiger partial charge is 0.396 e. The third kappa shape index (κ3) is 4.14. The zero-order chi connectivity index (χ0) is 23.1. The number of aliphatic hydroxyl groups excluding tert-OH is 1. The number of benzene rings is 2. The van der Waals surface area contributed by atoms with Crippen molar-refractivity contribution < 1.29 is 23.1 Å². The van der Waals surface area contributed by atoms with Crippen molar-refractivity contribution in [3.63, 3.8) is 0 Å². The molecule has 2 N–H and O–H groups in total. The Kier molecular flexibility index (Phi) is 5.91. The van der Waals surface area contributed by atoms with Gasteiger partial charge in [0, 0.05) is 37.1 Å². The molecule has 174 valence electrons. The van der Waals surface area contributed by atoms with Gasteiger partial charge >= 0.3 is 0 Å². The summed E-state index contributed by atoms with van der Waals surface area (Å²) in [6, 6.07) is 8.11. The van der Waals surface area contributed by atoms with Crippen molar-refractivity contribution in [1.29, 1.82) is 0 Å². The van der Waals surface area contributed by atoms with E-state index in [1.54, 1.807) is 12.1 Å². The van der Waals surface area contributed by atoms with Gasteiger partial charge in [-0.25, -0.2) is 13.2 Å². The number of H-pyrrole nitrogens is 1. The van der Waals surface area contributed by atoms with Gasteiger partial charge in [-0.2, -0.15) is 0 Å². The minimum atomic E-state index is -0.669. The molecule has 2 aromatic carbocycles. The number of hydrogen-bond acceptors (Lipinski definition) is 2. The second-order valence-electron chi connectivity index (χ2n) is 9.38. The summed E-state index contributed by atoms with van der Waals surface area (Å²) < 4.78 is 42.1. The van der Waals surface area contributed by atoms with Crippen LogP contribution < -0.4 is 0 Å². The predicted molar refractivity (Wildman–Crippen MR) is 120 cm³/mol. The van der Waals surface area contributed by atoms with Crippen LogP contribution in [-0.4, -0.2) is 40.6 Å². The van der Waals surface area contributed by atoms with Gasteiger partial charge in [0.05, 0.1) is 11.2 Å². The predicted octanol–water partition coefficient (Wildman–Crippen LogP) is 5.37. The third-order valence-electron chi connectivity index (χ3n) is 7.36. The van der Waals surface area contributed by atoms with Gasteiger partial charge in [0.1, 0.15) is 17.5 Å². The molecule has 3 aromatic rings. The highest BCUT2D eigenvalue weighted by Gasteiger charge is 2.40. The number of hydrogen-bond donors (Lipinski definition) is 2. The Morgan fingerprint density at radius 2 is 1.73 bits per heavy atom. The van der Waals surface area contributed by atoms with Gasteiger partial charge in [0.15, 0.2) is 0 Å². The van der Waals surface area contributed by atoms with Crippen molar-refractivity contribution in [2.45, 2.75) is 38.0 Å². The highest BCUT2D eigenvalue weighted by atomic mass is 19.1. The van der Waals surface area contributed by atoms with Gasteiger partial charge < -0.3 is 15.0 Å². The zero-order valence-electron chi connectivity index (χ0n) is 18.3. The molecule has 1 saturated heterocycles. The first-order valence-corrected chi connectivity index (χ1v) is 11.6. The highest BCUT2D eigenvalue weighted by molar-refractivity contribution is 5.92. The number of carbonyl (C=O) groups is 1. The van der Waals surface area contributed by atoms with Crippen LogP contribution in [0.15, 0.2) is 36.4 Å². The fraction of sp³-hybridized carbons (Fsp3) is 0.423. The summed E-state index contributed by atoms with van der Waals surface area (Å²) in [4.78, 5) is 18.0. The van der Waals surface area contributed by atoms with E-state index in [2.05, 4.69) is 4.98 Å². The van der Waals surface area contributed by atoms with E-state index in [9.17, 15) is 18.0 Å². The van der Waals surface area contributed by atoms with Crippen molar-refractivity contribution >= 4 is 16.8 Å². The van der Waals surface area contributed by atoms with Crippen LogP contribution in [0, 0.1) is 29.3 Å². The lowest BCUT2D eigenvalue weighted by atomic mass is 9.69.